The van der Waals surface area contributed by atoms with Crippen LogP contribution in [0.3, 0.4) is 0 Å². The van der Waals surface area contributed by atoms with E-state index >= 15 is 0 Å². The average Bonchev–Trinajstić information content (AvgIpc) is 2.37. The van der Waals surface area contributed by atoms with Crippen molar-refractivity contribution in [2.24, 2.45) is 0 Å². The van der Waals surface area contributed by atoms with Crippen molar-refractivity contribution in [1.29, 1.82) is 0 Å². The number of rotatable bonds is 4. The molecule has 1 saturated heterocycles. The Bertz CT molecular complexity index is 424. The smallest absolute Gasteiger partial charge is 0.310 e. The normalized spacial score (nSPS) is 23.6. The molecule has 1 N–H and O–H groups in total. The number of hydrogen-bond donors (Lipinski definition) is 1. The molecule has 6 nitrogen and oxygen atoms in total. The number of hydrogen-bond acceptors (Lipinski definition) is 5. The van der Waals surface area contributed by atoms with Gasteiger partial charge in [0.25, 0.3) is 0 Å². The summed E-state index contributed by atoms with van der Waals surface area (Å²) in [6, 6.07) is 6.35. The van der Waals surface area contributed by atoms with Gasteiger partial charge in [0.1, 0.15) is 12.7 Å². The van der Waals surface area contributed by atoms with Gasteiger partial charge in [-0.05, 0) is 13.0 Å². The first kappa shape index (κ1) is 12.8. The number of nitrogens with zero attached hydrogens (tertiary/aromatic N) is 1. The fourth-order valence-corrected chi connectivity index (χ4v) is 1.88. The average molecular weight is 252 g/mol. The van der Waals surface area contributed by atoms with E-state index in [9.17, 15) is 10.1 Å². The minimum Gasteiger partial charge on any atom is -0.484 e. The van der Waals surface area contributed by atoms with E-state index < -0.39 is 4.92 Å². The van der Waals surface area contributed by atoms with Crippen LogP contribution in [0, 0.1) is 10.1 Å². The lowest BCUT2D eigenvalue weighted by atomic mass is 10.2. The van der Waals surface area contributed by atoms with E-state index in [1.54, 1.807) is 18.2 Å². The summed E-state index contributed by atoms with van der Waals surface area (Å²) in [4.78, 5) is 10.4. The van der Waals surface area contributed by atoms with Gasteiger partial charge < -0.3 is 14.8 Å². The van der Waals surface area contributed by atoms with Crippen LogP contribution in [-0.2, 0) is 4.74 Å². The van der Waals surface area contributed by atoms with Crippen LogP contribution in [0.15, 0.2) is 24.3 Å². The quantitative estimate of drug-likeness (QED) is 0.646. The Balaban J connectivity index is 1.95. The summed E-state index contributed by atoms with van der Waals surface area (Å²) in [6.45, 7) is 3.80. The molecule has 18 heavy (non-hydrogen) atoms. The third-order valence-corrected chi connectivity index (χ3v) is 2.72. The van der Waals surface area contributed by atoms with E-state index in [4.69, 9.17) is 9.47 Å². The summed E-state index contributed by atoms with van der Waals surface area (Å²) in [6.07, 6.45) is 0.0617. The first-order valence-electron chi connectivity index (χ1n) is 5.89. The number of nitrogens with one attached hydrogen (secondary N) is 1. The molecule has 6 heteroatoms. The molecule has 1 aliphatic rings. The Kier molecular flexibility index (Phi) is 4.11. The molecule has 0 radical (unpaired) electrons. The number of nitro groups is 1. The van der Waals surface area contributed by atoms with Crippen molar-refractivity contribution in [3.05, 3.63) is 34.4 Å². The highest BCUT2D eigenvalue weighted by atomic mass is 16.6. The molecule has 0 spiro atoms. The van der Waals surface area contributed by atoms with E-state index in [-0.39, 0.29) is 23.6 Å². The standard InChI is InChI=1S/C12H16N2O4/c1-9-6-13-7-10(18-9)8-17-12-5-3-2-4-11(12)14(15)16/h2-5,9-10,13H,6-8H2,1H3. The predicted molar refractivity (Wildman–Crippen MR) is 65.8 cm³/mol. The van der Waals surface area contributed by atoms with Crippen LogP contribution in [0.4, 0.5) is 5.69 Å². The second-order valence-electron chi connectivity index (χ2n) is 4.26. The number of para-hydroxylation sites is 2. The molecule has 2 unspecified atom stereocenters. The molecule has 1 aromatic rings. The molecule has 0 saturated carbocycles. The fraction of sp³-hybridized carbons (Fsp3) is 0.500. The van der Waals surface area contributed by atoms with E-state index in [2.05, 4.69) is 5.32 Å². The van der Waals surface area contributed by atoms with Gasteiger partial charge in [-0.1, -0.05) is 12.1 Å². The van der Waals surface area contributed by atoms with Crippen LogP contribution in [0.25, 0.3) is 0 Å². The summed E-state index contributed by atoms with van der Waals surface area (Å²) in [7, 11) is 0. The Morgan fingerprint density at radius 2 is 2.28 bits per heavy atom. The molecule has 0 bridgehead atoms. The molecule has 0 aromatic heterocycles. The van der Waals surface area contributed by atoms with Gasteiger partial charge in [0.2, 0.25) is 0 Å². The van der Waals surface area contributed by atoms with Gasteiger partial charge in [-0.2, -0.15) is 0 Å². The summed E-state index contributed by atoms with van der Waals surface area (Å²) in [5.41, 5.74) is -0.0192. The van der Waals surface area contributed by atoms with Crippen molar-refractivity contribution < 1.29 is 14.4 Å². The lowest BCUT2D eigenvalue weighted by molar-refractivity contribution is -0.385. The van der Waals surface area contributed by atoms with Gasteiger partial charge in [-0.25, -0.2) is 0 Å². The zero-order valence-corrected chi connectivity index (χ0v) is 10.2. The zero-order chi connectivity index (χ0) is 13.0. The molecule has 1 fully saturated rings. The monoisotopic (exact) mass is 252 g/mol. The lowest BCUT2D eigenvalue weighted by Gasteiger charge is -2.28. The van der Waals surface area contributed by atoms with Crippen LogP contribution in [0.1, 0.15) is 6.92 Å². The molecule has 2 rings (SSSR count). The molecule has 98 valence electrons. The van der Waals surface area contributed by atoms with Crippen LogP contribution in [0.2, 0.25) is 0 Å². The summed E-state index contributed by atoms with van der Waals surface area (Å²) < 4.78 is 11.1. The second-order valence-corrected chi connectivity index (χ2v) is 4.26. The number of benzene rings is 1. The molecule has 1 heterocycles. The second kappa shape index (κ2) is 5.79. The third-order valence-electron chi connectivity index (χ3n) is 2.72. The molecule has 0 amide bonds. The Morgan fingerprint density at radius 1 is 1.50 bits per heavy atom. The Morgan fingerprint density at radius 3 is 3.00 bits per heavy atom. The van der Waals surface area contributed by atoms with Crippen molar-refractivity contribution in [3.63, 3.8) is 0 Å². The van der Waals surface area contributed by atoms with Crippen LogP contribution < -0.4 is 10.1 Å². The highest BCUT2D eigenvalue weighted by Crippen LogP contribution is 2.26. The van der Waals surface area contributed by atoms with Gasteiger partial charge in [0.05, 0.1) is 11.0 Å². The van der Waals surface area contributed by atoms with E-state index in [1.165, 1.54) is 6.07 Å². The van der Waals surface area contributed by atoms with Crippen molar-refractivity contribution in [1.82, 2.24) is 5.32 Å². The molecule has 2 atom stereocenters. The first-order valence-corrected chi connectivity index (χ1v) is 5.89. The van der Waals surface area contributed by atoms with Gasteiger partial charge in [-0.15, -0.1) is 0 Å². The topological polar surface area (TPSA) is 73.6 Å². The van der Waals surface area contributed by atoms with Crippen molar-refractivity contribution in [2.45, 2.75) is 19.1 Å². The minimum absolute atomic E-state index is 0.0192. The molecular formula is C12H16N2O4. The van der Waals surface area contributed by atoms with Crippen LogP contribution in [-0.4, -0.2) is 36.8 Å². The maximum atomic E-state index is 10.8. The SMILES string of the molecule is CC1CNCC(COc2ccccc2[N+](=O)[O-])O1. The maximum Gasteiger partial charge on any atom is 0.310 e. The van der Waals surface area contributed by atoms with Gasteiger partial charge in [0.15, 0.2) is 5.75 Å². The fourth-order valence-electron chi connectivity index (χ4n) is 1.88. The summed E-state index contributed by atoms with van der Waals surface area (Å²) in [5.74, 6) is 0.282. The predicted octanol–water partition coefficient (Wildman–Crippen LogP) is 1.35. The number of ether oxygens (including phenoxy) is 2. The molecule has 1 aromatic carbocycles. The summed E-state index contributed by atoms with van der Waals surface area (Å²) >= 11 is 0. The number of nitro benzene ring substituents is 1. The Labute approximate surface area is 105 Å². The van der Waals surface area contributed by atoms with Crippen LogP contribution >= 0.6 is 0 Å². The van der Waals surface area contributed by atoms with Crippen LogP contribution in [0.5, 0.6) is 5.75 Å². The highest BCUT2D eigenvalue weighted by Gasteiger charge is 2.21. The van der Waals surface area contributed by atoms with Gasteiger partial charge in [0, 0.05) is 19.2 Å². The first-order chi connectivity index (χ1) is 8.66. The molecule has 0 aliphatic carbocycles. The maximum absolute atomic E-state index is 10.8. The van der Waals surface area contributed by atoms with E-state index in [0.717, 1.165) is 6.54 Å². The highest BCUT2D eigenvalue weighted by molar-refractivity contribution is 5.45. The lowest BCUT2D eigenvalue weighted by Crippen LogP contribution is -2.45. The molecular weight excluding hydrogens is 236 g/mol. The zero-order valence-electron chi connectivity index (χ0n) is 10.2. The van der Waals surface area contributed by atoms with Crippen molar-refractivity contribution in [3.8, 4) is 5.75 Å². The third kappa shape index (κ3) is 3.18. The van der Waals surface area contributed by atoms with E-state index in [1.807, 2.05) is 6.92 Å². The minimum atomic E-state index is -0.446. The Hall–Kier alpha value is -1.66. The largest absolute Gasteiger partial charge is 0.484 e. The van der Waals surface area contributed by atoms with Crippen molar-refractivity contribution in [2.75, 3.05) is 19.7 Å². The van der Waals surface area contributed by atoms with Gasteiger partial charge in [-0.3, -0.25) is 10.1 Å². The van der Waals surface area contributed by atoms with Gasteiger partial charge >= 0.3 is 5.69 Å². The summed E-state index contributed by atoms with van der Waals surface area (Å²) in [5, 5.41) is 14.0. The van der Waals surface area contributed by atoms with E-state index in [0.29, 0.717) is 13.2 Å². The number of morpholine rings is 1. The molecule has 1 aliphatic heterocycles. The van der Waals surface area contributed by atoms with Crippen molar-refractivity contribution >= 4 is 5.69 Å².